The van der Waals surface area contributed by atoms with Gasteiger partial charge in [-0.3, -0.25) is 10.1 Å². The minimum atomic E-state index is -4.77. The van der Waals surface area contributed by atoms with E-state index in [1.807, 2.05) is 6.07 Å². The summed E-state index contributed by atoms with van der Waals surface area (Å²) in [6.45, 7) is 0. The van der Waals surface area contributed by atoms with Crippen molar-refractivity contribution in [2.75, 3.05) is 12.0 Å². The Labute approximate surface area is 150 Å². The van der Waals surface area contributed by atoms with Gasteiger partial charge in [0.05, 0.1) is 12.3 Å². The van der Waals surface area contributed by atoms with Crippen LogP contribution in [0.3, 0.4) is 0 Å². The number of carbonyl (C=O) groups excluding carboxylic acids is 1. The predicted molar refractivity (Wildman–Crippen MR) is 86.8 cm³/mol. The lowest BCUT2D eigenvalue weighted by Gasteiger charge is -2.27. The standard InChI is InChI=1S/C16H17F4N3O2S/c1-26(25)8-12(14(24)23-15(9-21)6-7-15)22-13(16(18,19)20)10-2-4-11(17)5-3-10/h2-5,12-13,22H,6-8H2,1H3,(H,23,24)/t12-,13-,26?/m0/s1. The first-order valence-electron chi connectivity index (χ1n) is 7.68. The van der Waals surface area contributed by atoms with Gasteiger partial charge in [-0.05, 0) is 30.5 Å². The predicted octanol–water partition coefficient (Wildman–Crippen LogP) is 1.94. The van der Waals surface area contributed by atoms with E-state index in [9.17, 15) is 26.9 Å². The Bertz CT molecular complexity index is 684. The summed E-state index contributed by atoms with van der Waals surface area (Å²) in [5.74, 6) is -1.87. The largest absolute Gasteiger partial charge is 0.616 e. The van der Waals surface area contributed by atoms with E-state index >= 15 is 0 Å². The van der Waals surface area contributed by atoms with E-state index in [1.54, 1.807) is 0 Å². The first-order valence-corrected chi connectivity index (χ1v) is 9.40. The third-order valence-corrected chi connectivity index (χ3v) is 4.75. The van der Waals surface area contributed by atoms with Crippen LogP contribution in [0.2, 0.25) is 0 Å². The summed E-state index contributed by atoms with van der Waals surface area (Å²) in [5, 5.41) is 13.6. The lowest BCUT2D eigenvalue weighted by Crippen LogP contribution is -2.54. The average molecular weight is 391 g/mol. The summed E-state index contributed by atoms with van der Waals surface area (Å²) in [6.07, 6.45) is -2.67. The Hall–Kier alpha value is -1.83. The molecule has 1 aromatic carbocycles. The van der Waals surface area contributed by atoms with E-state index in [2.05, 4.69) is 10.6 Å². The maximum atomic E-state index is 13.5. The number of benzene rings is 1. The van der Waals surface area contributed by atoms with Crippen molar-refractivity contribution in [1.82, 2.24) is 10.6 Å². The van der Waals surface area contributed by atoms with Crippen molar-refractivity contribution in [3.63, 3.8) is 0 Å². The molecule has 2 N–H and O–H groups in total. The lowest BCUT2D eigenvalue weighted by atomic mass is 10.0. The van der Waals surface area contributed by atoms with Gasteiger partial charge in [0, 0.05) is 0 Å². The molecule has 1 aliphatic carbocycles. The van der Waals surface area contributed by atoms with Crippen LogP contribution in [-0.2, 0) is 16.0 Å². The number of halogens is 4. The topological polar surface area (TPSA) is 88.0 Å². The van der Waals surface area contributed by atoms with Crippen molar-refractivity contribution < 1.29 is 26.9 Å². The molecule has 1 fully saturated rings. The van der Waals surface area contributed by atoms with Crippen molar-refractivity contribution >= 4 is 17.1 Å². The Morgan fingerprint density at radius 2 is 1.96 bits per heavy atom. The Morgan fingerprint density at radius 3 is 2.38 bits per heavy atom. The van der Waals surface area contributed by atoms with Crippen LogP contribution < -0.4 is 10.6 Å². The van der Waals surface area contributed by atoms with Crippen LogP contribution in [0.4, 0.5) is 17.6 Å². The van der Waals surface area contributed by atoms with Gasteiger partial charge in [-0.1, -0.05) is 23.3 Å². The Morgan fingerprint density at radius 1 is 1.38 bits per heavy atom. The van der Waals surface area contributed by atoms with E-state index in [-0.39, 0.29) is 11.3 Å². The van der Waals surface area contributed by atoms with E-state index in [1.165, 1.54) is 6.26 Å². The van der Waals surface area contributed by atoms with Crippen molar-refractivity contribution in [3.05, 3.63) is 35.6 Å². The fourth-order valence-electron chi connectivity index (χ4n) is 2.38. The molecule has 0 bridgehead atoms. The highest BCUT2D eigenvalue weighted by molar-refractivity contribution is 7.90. The van der Waals surface area contributed by atoms with Crippen LogP contribution >= 0.6 is 0 Å². The first kappa shape index (κ1) is 20.5. The summed E-state index contributed by atoms with van der Waals surface area (Å²) in [4.78, 5) is 12.4. The molecule has 1 aromatic rings. The van der Waals surface area contributed by atoms with Crippen molar-refractivity contribution in [3.8, 4) is 6.07 Å². The number of rotatable bonds is 7. The molecule has 1 amide bonds. The molecule has 26 heavy (non-hydrogen) atoms. The van der Waals surface area contributed by atoms with Gasteiger partial charge in [-0.15, -0.1) is 0 Å². The molecule has 3 atom stereocenters. The molecule has 0 aromatic heterocycles. The second-order valence-corrected chi connectivity index (χ2v) is 7.65. The Kier molecular flexibility index (Phi) is 6.16. The van der Waals surface area contributed by atoms with Gasteiger partial charge < -0.3 is 9.87 Å². The maximum Gasteiger partial charge on any atom is 0.407 e. The number of nitrogens with zero attached hydrogens (tertiary/aromatic N) is 1. The van der Waals surface area contributed by atoms with Crippen LogP contribution in [0.5, 0.6) is 0 Å². The zero-order valence-corrected chi connectivity index (χ0v) is 14.6. The third kappa shape index (κ3) is 5.33. The molecule has 0 spiro atoms. The molecule has 5 nitrogen and oxygen atoms in total. The number of hydrogen-bond acceptors (Lipinski definition) is 4. The Balaban J connectivity index is 2.23. The SMILES string of the molecule is C[S+]([O-])C[C@H](N[C@@H](c1ccc(F)cc1)C(F)(F)F)C(=O)NC1(C#N)CC1. The molecule has 0 saturated heterocycles. The highest BCUT2D eigenvalue weighted by Crippen LogP contribution is 2.35. The number of carbonyl (C=O) groups is 1. The molecule has 0 radical (unpaired) electrons. The molecule has 1 aliphatic rings. The number of nitrogens with one attached hydrogen (secondary N) is 2. The van der Waals surface area contributed by atoms with Crippen LogP contribution in [0.25, 0.3) is 0 Å². The zero-order chi connectivity index (χ0) is 19.5. The number of amides is 1. The fourth-order valence-corrected chi connectivity index (χ4v) is 3.10. The van der Waals surface area contributed by atoms with Gasteiger partial charge in [0.2, 0.25) is 5.91 Å². The monoisotopic (exact) mass is 391 g/mol. The minimum absolute atomic E-state index is 0.278. The van der Waals surface area contributed by atoms with Crippen LogP contribution in [-0.4, -0.2) is 40.2 Å². The second-order valence-electron chi connectivity index (χ2n) is 6.17. The van der Waals surface area contributed by atoms with Gasteiger partial charge in [-0.25, -0.2) is 4.39 Å². The van der Waals surface area contributed by atoms with Crippen LogP contribution in [0.15, 0.2) is 24.3 Å². The van der Waals surface area contributed by atoms with Crippen LogP contribution in [0, 0.1) is 17.1 Å². The summed E-state index contributed by atoms with van der Waals surface area (Å²) in [6, 6.07) is 1.95. The van der Waals surface area contributed by atoms with Crippen molar-refractivity contribution in [2.45, 2.75) is 36.6 Å². The van der Waals surface area contributed by atoms with Gasteiger partial charge in [0.15, 0.2) is 0 Å². The molecule has 0 aliphatic heterocycles. The summed E-state index contributed by atoms with van der Waals surface area (Å²) in [5.41, 5.74) is -1.34. The van der Waals surface area contributed by atoms with Crippen molar-refractivity contribution in [2.24, 2.45) is 0 Å². The normalized spacial score (nSPS) is 19.1. The smallest absolute Gasteiger partial charge is 0.407 e. The van der Waals surface area contributed by atoms with Gasteiger partial charge in [-0.2, -0.15) is 18.4 Å². The molecule has 1 unspecified atom stereocenters. The van der Waals surface area contributed by atoms with Gasteiger partial charge in [0.1, 0.15) is 29.2 Å². The van der Waals surface area contributed by atoms with E-state index in [0.29, 0.717) is 12.8 Å². The van der Waals surface area contributed by atoms with Crippen LogP contribution in [0.1, 0.15) is 24.4 Å². The summed E-state index contributed by atoms with van der Waals surface area (Å²) in [7, 11) is 0. The number of hydrogen-bond donors (Lipinski definition) is 2. The zero-order valence-electron chi connectivity index (χ0n) is 13.8. The highest BCUT2D eigenvalue weighted by Gasteiger charge is 2.48. The quantitative estimate of drug-likeness (QED) is 0.549. The van der Waals surface area contributed by atoms with E-state index in [4.69, 9.17) is 5.26 Å². The van der Waals surface area contributed by atoms with E-state index < -0.39 is 46.7 Å². The minimum Gasteiger partial charge on any atom is -0.616 e. The molecular formula is C16H17F4N3O2S. The molecule has 1 saturated carbocycles. The average Bonchev–Trinajstić information content (AvgIpc) is 3.31. The summed E-state index contributed by atoms with van der Waals surface area (Å²) < 4.78 is 64.9. The maximum absolute atomic E-state index is 13.5. The third-order valence-electron chi connectivity index (χ3n) is 3.94. The first-order chi connectivity index (χ1) is 12.1. The van der Waals surface area contributed by atoms with E-state index in [0.717, 1.165) is 24.3 Å². The molecular weight excluding hydrogens is 374 g/mol. The number of nitriles is 1. The lowest BCUT2D eigenvalue weighted by molar-refractivity contribution is -0.160. The summed E-state index contributed by atoms with van der Waals surface area (Å²) >= 11 is -1.56. The molecule has 142 valence electrons. The molecule has 2 rings (SSSR count). The van der Waals surface area contributed by atoms with Gasteiger partial charge >= 0.3 is 6.18 Å². The van der Waals surface area contributed by atoms with Gasteiger partial charge in [0.25, 0.3) is 0 Å². The highest BCUT2D eigenvalue weighted by atomic mass is 32.2. The fraction of sp³-hybridized carbons (Fsp3) is 0.500. The molecule has 10 heteroatoms. The molecule has 0 heterocycles. The van der Waals surface area contributed by atoms with Crippen molar-refractivity contribution in [1.29, 1.82) is 5.26 Å². The number of alkyl halides is 3. The second kappa shape index (κ2) is 7.82.